The predicted molar refractivity (Wildman–Crippen MR) is 206 cm³/mol. The molecule has 8 aliphatic heterocycles. The summed E-state index contributed by atoms with van der Waals surface area (Å²) in [5.74, 6) is 2.49. The van der Waals surface area contributed by atoms with Gasteiger partial charge in [-0.3, -0.25) is 4.90 Å². The van der Waals surface area contributed by atoms with Gasteiger partial charge in [-0.05, 0) is 148 Å². The molecule has 0 aliphatic carbocycles. The van der Waals surface area contributed by atoms with Gasteiger partial charge in [0.1, 0.15) is 0 Å². The van der Waals surface area contributed by atoms with Crippen LogP contribution in [0.1, 0.15) is 71.6 Å². The Hall–Kier alpha value is -0.400. The molecule has 0 amide bonds. The van der Waals surface area contributed by atoms with Crippen LogP contribution in [0, 0.1) is 23.2 Å². The molecule has 8 rings (SSSR count). The third-order valence-electron chi connectivity index (χ3n) is 12.5. The topological polar surface area (TPSA) is 62.4 Å². The number of hydrogen-bond donors (Lipinski definition) is 0. The van der Waals surface area contributed by atoms with E-state index in [2.05, 4.69) is 45.4 Å². The van der Waals surface area contributed by atoms with Gasteiger partial charge in [-0.1, -0.05) is 13.8 Å². The summed E-state index contributed by atoms with van der Waals surface area (Å²) in [4.78, 5) is 12.4. The van der Waals surface area contributed by atoms with Crippen LogP contribution in [0.5, 0.6) is 0 Å². The van der Waals surface area contributed by atoms with Crippen molar-refractivity contribution in [3.05, 3.63) is 0 Å². The lowest BCUT2D eigenvalue weighted by Crippen LogP contribution is -2.50. The molecule has 8 aliphatic rings. The maximum absolute atomic E-state index is 5.38. The minimum Gasteiger partial charge on any atom is -0.384 e. The zero-order valence-electron chi connectivity index (χ0n) is 34.0. The van der Waals surface area contributed by atoms with Crippen molar-refractivity contribution in [3.63, 3.8) is 0 Å². The normalized spacial score (nSPS) is 33.8. The smallest absolute Gasteiger partial charge is 0.0727 e. The second-order valence-electron chi connectivity index (χ2n) is 16.2. The predicted octanol–water partition coefficient (Wildman–Crippen LogP) is 4.52. The first kappa shape index (κ1) is 44.0. The average molecular weight is 712 g/mol. The molecule has 0 aromatic rings. The summed E-state index contributed by atoms with van der Waals surface area (Å²) >= 11 is 0. The molecule has 4 bridgehead atoms. The van der Waals surface area contributed by atoms with E-state index in [1.807, 2.05) is 14.2 Å². The van der Waals surface area contributed by atoms with Crippen LogP contribution in [0.15, 0.2) is 0 Å². The highest BCUT2D eigenvalue weighted by Gasteiger charge is 2.43. The zero-order chi connectivity index (χ0) is 36.2. The Morgan fingerprint density at radius 3 is 1.70 bits per heavy atom. The Kier molecular flexibility index (Phi) is 21.8. The van der Waals surface area contributed by atoms with Gasteiger partial charge in [0.2, 0.25) is 0 Å². The van der Waals surface area contributed by atoms with Gasteiger partial charge in [0.25, 0.3) is 0 Å². The van der Waals surface area contributed by atoms with Crippen LogP contribution in [0.2, 0.25) is 0 Å². The van der Waals surface area contributed by atoms with E-state index in [0.717, 1.165) is 44.2 Å². The summed E-state index contributed by atoms with van der Waals surface area (Å²) in [6, 6.07) is 0.704. The molecule has 0 radical (unpaired) electrons. The van der Waals surface area contributed by atoms with Crippen molar-refractivity contribution >= 4 is 0 Å². The van der Waals surface area contributed by atoms with E-state index in [-0.39, 0.29) is 0 Å². The molecular weight excluding hydrogens is 630 g/mol. The number of ether oxygens (including phenoxy) is 5. The van der Waals surface area contributed by atoms with Crippen molar-refractivity contribution in [1.29, 1.82) is 0 Å². The van der Waals surface area contributed by atoms with Gasteiger partial charge in [0.15, 0.2) is 0 Å². The van der Waals surface area contributed by atoms with Crippen LogP contribution in [-0.2, 0) is 23.7 Å². The summed E-state index contributed by atoms with van der Waals surface area (Å²) in [7, 11) is 11.2. The molecule has 296 valence electrons. The van der Waals surface area contributed by atoms with Crippen molar-refractivity contribution in [2.45, 2.75) is 83.8 Å². The fraction of sp³-hybridized carbons (Fsp3) is 1.00. The highest BCUT2D eigenvalue weighted by atomic mass is 16.5. The molecule has 0 N–H and O–H groups in total. The largest absolute Gasteiger partial charge is 0.384 e. The maximum Gasteiger partial charge on any atom is 0.0727 e. The molecular formula is C40H81N5O5. The first-order valence-corrected chi connectivity index (χ1v) is 20.4. The van der Waals surface area contributed by atoms with E-state index in [4.69, 9.17) is 23.7 Å². The molecule has 8 fully saturated rings. The molecule has 8 heterocycles. The van der Waals surface area contributed by atoms with E-state index in [9.17, 15) is 0 Å². The number of hydrogen-bond acceptors (Lipinski definition) is 10. The lowest BCUT2D eigenvalue weighted by atomic mass is 9.86. The fourth-order valence-electron chi connectivity index (χ4n) is 9.22. The Morgan fingerprint density at radius 2 is 1.24 bits per heavy atom. The Morgan fingerprint density at radius 1 is 0.600 bits per heavy atom. The quantitative estimate of drug-likeness (QED) is 0.306. The molecule has 3 atom stereocenters. The fourth-order valence-corrected chi connectivity index (χ4v) is 9.22. The highest BCUT2D eigenvalue weighted by Crippen LogP contribution is 2.40. The summed E-state index contributed by atoms with van der Waals surface area (Å²) in [6.45, 7) is 24.6. The van der Waals surface area contributed by atoms with Crippen molar-refractivity contribution in [1.82, 2.24) is 24.5 Å². The van der Waals surface area contributed by atoms with E-state index < -0.39 is 0 Å². The van der Waals surface area contributed by atoms with Crippen molar-refractivity contribution in [2.24, 2.45) is 23.2 Å². The lowest BCUT2D eigenvalue weighted by Gasteiger charge is -2.43. The molecule has 8 saturated heterocycles. The van der Waals surface area contributed by atoms with E-state index >= 15 is 0 Å². The van der Waals surface area contributed by atoms with Crippen LogP contribution < -0.4 is 0 Å². The molecule has 10 nitrogen and oxygen atoms in total. The van der Waals surface area contributed by atoms with Crippen LogP contribution >= 0.6 is 0 Å². The molecule has 0 aromatic heterocycles. The monoisotopic (exact) mass is 712 g/mol. The Labute approximate surface area is 308 Å². The molecule has 0 aromatic carbocycles. The van der Waals surface area contributed by atoms with Crippen molar-refractivity contribution < 1.29 is 23.7 Å². The first-order chi connectivity index (χ1) is 24.3. The molecule has 0 saturated carbocycles. The third kappa shape index (κ3) is 15.2. The number of methoxy groups -OCH3 is 5. The van der Waals surface area contributed by atoms with Gasteiger partial charge in [-0.25, -0.2) is 0 Å². The Bertz CT molecular complexity index is 829. The average Bonchev–Trinajstić information content (AvgIpc) is 3.97. The SMILES string of the molecule is CCN1CCC(COC)C1.CCN1CCCC1COC.COC1CN2CCC1CC2.COCC12CCN(CC1)C2.COCC1CCN(C)CC1. The van der Waals surface area contributed by atoms with Gasteiger partial charge >= 0.3 is 0 Å². The number of fused-ring (bicyclic) bond motifs is 5. The van der Waals surface area contributed by atoms with Gasteiger partial charge < -0.3 is 43.3 Å². The molecule has 50 heavy (non-hydrogen) atoms. The highest BCUT2D eigenvalue weighted by molar-refractivity contribution is 4.96. The van der Waals surface area contributed by atoms with Crippen LogP contribution in [-0.4, -0.2) is 191 Å². The summed E-state index contributed by atoms with van der Waals surface area (Å²) in [5.41, 5.74) is 0.564. The third-order valence-corrected chi connectivity index (χ3v) is 12.5. The van der Waals surface area contributed by atoms with Crippen LogP contribution in [0.3, 0.4) is 0 Å². The van der Waals surface area contributed by atoms with Crippen LogP contribution in [0.4, 0.5) is 0 Å². The standard InChI is InChI=1S/2C8H15NO.3C8H17NO/c1-10-7-8-2-4-9(6-8)5-3-8;1-10-8-6-9-4-2-7(8)3-5-9;1-9-5-3-8(4-6-9)7-10-2;1-3-9-5-4-8(6-9)7-10-2;1-3-9-6-4-5-8(9)7-10-2/h2-7H2,1H3;7-8H,2-6H2,1H3;3*8H,3-7H2,1-2H3. The zero-order valence-corrected chi connectivity index (χ0v) is 34.0. The number of likely N-dealkylation sites (N-methyl/N-ethyl adjacent to an activating group) is 1. The van der Waals surface area contributed by atoms with Gasteiger partial charge in [-0.2, -0.15) is 0 Å². The summed E-state index contributed by atoms with van der Waals surface area (Å²) in [5, 5.41) is 0. The van der Waals surface area contributed by atoms with Crippen LogP contribution in [0.25, 0.3) is 0 Å². The lowest BCUT2D eigenvalue weighted by molar-refractivity contribution is -0.0481. The number of piperidine rings is 5. The summed E-state index contributed by atoms with van der Waals surface area (Å²) < 4.78 is 25.9. The number of nitrogens with zero attached hydrogens (tertiary/aromatic N) is 5. The van der Waals surface area contributed by atoms with Gasteiger partial charge in [-0.15, -0.1) is 0 Å². The number of likely N-dealkylation sites (tertiary alicyclic amines) is 3. The molecule has 3 unspecified atom stereocenters. The number of rotatable bonds is 11. The van der Waals surface area contributed by atoms with Crippen molar-refractivity contribution in [3.8, 4) is 0 Å². The molecule has 0 spiro atoms. The second-order valence-corrected chi connectivity index (χ2v) is 16.2. The van der Waals surface area contributed by atoms with Gasteiger partial charge in [0, 0.05) is 73.2 Å². The van der Waals surface area contributed by atoms with E-state index in [1.54, 1.807) is 21.3 Å². The van der Waals surface area contributed by atoms with E-state index in [1.165, 1.54) is 143 Å². The van der Waals surface area contributed by atoms with E-state index in [0.29, 0.717) is 17.6 Å². The van der Waals surface area contributed by atoms with Crippen molar-refractivity contribution in [2.75, 3.05) is 154 Å². The Balaban J connectivity index is 0.000000169. The first-order valence-electron chi connectivity index (χ1n) is 20.4. The summed E-state index contributed by atoms with van der Waals surface area (Å²) in [6.07, 6.45) is 12.6. The maximum atomic E-state index is 5.38. The van der Waals surface area contributed by atoms with Gasteiger partial charge in [0.05, 0.1) is 25.9 Å². The second kappa shape index (κ2) is 24.8. The minimum atomic E-state index is 0.544. The molecule has 10 heteroatoms. The minimum absolute atomic E-state index is 0.544.